The van der Waals surface area contributed by atoms with Crippen LogP contribution in [0.1, 0.15) is 73.4 Å². The van der Waals surface area contributed by atoms with Gasteiger partial charge in [-0.05, 0) is 54.7 Å². The lowest BCUT2D eigenvalue weighted by Gasteiger charge is -2.49. The van der Waals surface area contributed by atoms with Crippen molar-refractivity contribution in [3.05, 3.63) is 71.8 Å². The summed E-state index contributed by atoms with van der Waals surface area (Å²) < 4.78 is 5.63. The summed E-state index contributed by atoms with van der Waals surface area (Å²) in [5, 5.41) is 8.23. The van der Waals surface area contributed by atoms with Crippen molar-refractivity contribution in [2.24, 2.45) is 0 Å². The first-order chi connectivity index (χ1) is 15.7. The van der Waals surface area contributed by atoms with E-state index >= 15 is 0 Å². The highest BCUT2D eigenvalue weighted by molar-refractivity contribution is 7.15. The smallest absolute Gasteiger partial charge is 0.158 e. The number of nitrogens with one attached hydrogen (secondary N) is 1. The van der Waals surface area contributed by atoms with E-state index in [1.807, 2.05) is 0 Å². The van der Waals surface area contributed by atoms with Gasteiger partial charge in [-0.25, -0.2) is 0 Å². The van der Waals surface area contributed by atoms with Crippen LogP contribution in [0.15, 0.2) is 60.7 Å². The second-order valence-corrected chi connectivity index (χ2v) is 17.5. The lowest BCUT2D eigenvalue weighted by Crippen LogP contribution is -2.74. The maximum absolute atomic E-state index is 5.63. The molecule has 0 bridgehead atoms. The molecular weight excluding hydrogens is 430 g/mol. The van der Waals surface area contributed by atoms with Crippen LogP contribution in [0.3, 0.4) is 0 Å². The van der Waals surface area contributed by atoms with Crippen LogP contribution >= 0.6 is 0 Å². The summed E-state index contributed by atoms with van der Waals surface area (Å²) in [6.45, 7) is 21.0. The standard InChI is InChI=1S/C31H41NOSi/c1-29(2,3)21-11-15-24(16-12-21)34(31(7,8)9)27-17-13-22(30(4,5)6)19-25(27)32-26-20-23(33-10)14-18-28(26)34/h11-20,32H,1-10H3/t34-/m1/s1. The maximum atomic E-state index is 5.63. The molecule has 1 N–H and O–H groups in total. The molecule has 0 saturated carbocycles. The van der Waals surface area contributed by atoms with E-state index in [1.54, 1.807) is 7.11 Å². The Morgan fingerprint density at radius 3 is 1.62 bits per heavy atom. The van der Waals surface area contributed by atoms with E-state index in [9.17, 15) is 0 Å². The van der Waals surface area contributed by atoms with Crippen molar-refractivity contribution in [1.82, 2.24) is 0 Å². The van der Waals surface area contributed by atoms with Gasteiger partial charge in [-0.15, -0.1) is 0 Å². The van der Waals surface area contributed by atoms with E-state index < -0.39 is 8.07 Å². The van der Waals surface area contributed by atoms with E-state index in [1.165, 1.54) is 38.1 Å². The van der Waals surface area contributed by atoms with Gasteiger partial charge >= 0.3 is 0 Å². The number of ether oxygens (including phenoxy) is 1. The Kier molecular flexibility index (Phi) is 5.80. The molecule has 2 nitrogen and oxygen atoms in total. The van der Waals surface area contributed by atoms with Gasteiger partial charge in [0, 0.05) is 17.4 Å². The molecular formula is C31H41NOSi. The Bertz CT molecular complexity index is 1210. The quantitative estimate of drug-likeness (QED) is 0.424. The summed E-state index contributed by atoms with van der Waals surface area (Å²) in [7, 11) is -0.674. The van der Waals surface area contributed by atoms with Crippen LogP contribution in [0, 0.1) is 0 Å². The molecule has 1 heterocycles. The SMILES string of the molecule is COc1ccc2c(c1)Nc1cc(C(C)(C)C)ccc1[Si@@]2(c1ccc(C(C)(C)C)cc1)C(C)(C)C. The molecule has 3 heteroatoms. The normalized spacial score (nSPS) is 18.1. The predicted octanol–water partition coefficient (Wildman–Crippen LogP) is 6.62. The van der Waals surface area contributed by atoms with Gasteiger partial charge < -0.3 is 10.1 Å². The van der Waals surface area contributed by atoms with Crippen LogP contribution in [-0.4, -0.2) is 15.2 Å². The molecule has 180 valence electrons. The van der Waals surface area contributed by atoms with Crippen LogP contribution in [0.5, 0.6) is 5.75 Å². The molecule has 0 radical (unpaired) electrons. The molecule has 3 aromatic carbocycles. The number of benzene rings is 3. The van der Waals surface area contributed by atoms with E-state index in [0.29, 0.717) is 0 Å². The molecule has 34 heavy (non-hydrogen) atoms. The molecule has 1 aliphatic rings. The van der Waals surface area contributed by atoms with E-state index in [4.69, 9.17) is 4.74 Å². The summed E-state index contributed by atoms with van der Waals surface area (Å²) in [6.07, 6.45) is 0. The topological polar surface area (TPSA) is 21.3 Å². The number of anilines is 2. The molecule has 0 aromatic heterocycles. The Balaban J connectivity index is 2.08. The fourth-order valence-electron chi connectivity index (χ4n) is 5.58. The molecule has 3 aromatic rings. The highest BCUT2D eigenvalue weighted by Gasteiger charge is 2.53. The van der Waals surface area contributed by atoms with Crippen molar-refractivity contribution in [2.75, 3.05) is 12.4 Å². The largest absolute Gasteiger partial charge is 0.497 e. The van der Waals surface area contributed by atoms with Gasteiger partial charge in [0.25, 0.3) is 0 Å². The highest BCUT2D eigenvalue weighted by atomic mass is 28.3. The number of rotatable bonds is 2. The molecule has 1 aliphatic heterocycles. The molecule has 0 unspecified atom stereocenters. The van der Waals surface area contributed by atoms with Crippen LogP contribution < -0.4 is 25.6 Å². The van der Waals surface area contributed by atoms with Crippen molar-refractivity contribution >= 4 is 35.0 Å². The first-order valence-electron chi connectivity index (χ1n) is 12.4. The van der Waals surface area contributed by atoms with Gasteiger partial charge in [0.1, 0.15) is 5.75 Å². The monoisotopic (exact) mass is 471 g/mol. The van der Waals surface area contributed by atoms with Crippen LogP contribution in [0.4, 0.5) is 11.4 Å². The fraction of sp³-hybridized carbons (Fsp3) is 0.419. The Labute approximate surface area is 207 Å². The summed E-state index contributed by atoms with van der Waals surface area (Å²) in [5.41, 5.74) is 5.38. The van der Waals surface area contributed by atoms with E-state index in [-0.39, 0.29) is 15.9 Å². The minimum absolute atomic E-state index is 0.0552. The molecule has 4 rings (SSSR count). The Hall–Kier alpha value is -2.52. The van der Waals surface area contributed by atoms with Crippen LogP contribution in [-0.2, 0) is 10.8 Å². The molecule has 0 amide bonds. The lowest BCUT2D eigenvalue weighted by atomic mass is 9.87. The summed E-state index contributed by atoms with van der Waals surface area (Å²) in [5.74, 6) is 0.890. The highest BCUT2D eigenvalue weighted by Crippen LogP contribution is 2.42. The molecule has 0 fully saturated rings. The first-order valence-corrected chi connectivity index (χ1v) is 14.4. The second-order valence-electron chi connectivity index (χ2n) is 12.9. The lowest BCUT2D eigenvalue weighted by molar-refractivity contribution is 0.415. The van der Waals surface area contributed by atoms with Gasteiger partial charge in [0.2, 0.25) is 0 Å². The average molecular weight is 472 g/mol. The predicted molar refractivity (Wildman–Crippen MR) is 151 cm³/mol. The van der Waals surface area contributed by atoms with Gasteiger partial charge in [0.05, 0.1) is 7.11 Å². The van der Waals surface area contributed by atoms with Gasteiger partial charge in [-0.1, -0.05) is 105 Å². The zero-order valence-corrected chi connectivity index (χ0v) is 23.7. The van der Waals surface area contributed by atoms with Crippen molar-refractivity contribution in [2.45, 2.75) is 78.2 Å². The van der Waals surface area contributed by atoms with Crippen molar-refractivity contribution < 1.29 is 4.74 Å². The zero-order valence-electron chi connectivity index (χ0n) is 22.7. The van der Waals surface area contributed by atoms with Crippen molar-refractivity contribution in [3.63, 3.8) is 0 Å². The summed E-state index contributed by atoms with van der Waals surface area (Å²) in [4.78, 5) is 0. The Morgan fingerprint density at radius 2 is 1.12 bits per heavy atom. The van der Waals surface area contributed by atoms with E-state index in [0.717, 1.165) is 5.75 Å². The number of fused-ring (bicyclic) bond motifs is 2. The zero-order chi connectivity index (χ0) is 25.1. The number of methoxy groups -OCH3 is 1. The van der Waals surface area contributed by atoms with Crippen molar-refractivity contribution in [1.29, 1.82) is 0 Å². The van der Waals surface area contributed by atoms with Gasteiger partial charge in [0.15, 0.2) is 8.07 Å². The first kappa shape index (κ1) is 24.6. The summed E-state index contributed by atoms with van der Waals surface area (Å²) >= 11 is 0. The van der Waals surface area contributed by atoms with Gasteiger partial charge in [-0.3, -0.25) is 0 Å². The maximum Gasteiger partial charge on any atom is 0.158 e. The summed E-state index contributed by atoms with van der Waals surface area (Å²) in [6, 6.07) is 23.3. The van der Waals surface area contributed by atoms with Crippen LogP contribution in [0.25, 0.3) is 0 Å². The molecule has 0 spiro atoms. The van der Waals surface area contributed by atoms with E-state index in [2.05, 4.69) is 128 Å². The minimum atomic E-state index is -2.42. The molecule has 1 atom stereocenters. The van der Waals surface area contributed by atoms with Crippen LogP contribution in [0.2, 0.25) is 5.04 Å². The minimum Gasteiger partial charge on any atom is -0.497 e. The third-order valence-electron chi connectivity index (χ3n) is 7.50. The average Bonchev–Trinajstić information content (AvgIpc) is 2.74. The second kappa shape index (κ2) is 8.02. The third-order valence-corrected chi connectivity index (χ3v) is 13.4. The van der Waals surface area contributed by atoms with Crippen molar-refractivity contribution in [3.8, 4) is 5.75 Å². The number of hydrogen-bond acceptors (Lipinski definition) is 2. The molecule has 0 saturated heterocycles. The third kappa shape index (κ3) is 3.88. The Morgan fingerprint density at radius 1 is 0.618 bits per heavy atom. The fourth-order valence-corrected chi connectivity index (χ4v) is 11.4. The number of hydrogen-bond donors (Lipinski definition) is 1. The van der Waals surface area contributed by atoms with Gasteiger partial charge in [-0.2, -0.15) is 0 Å². The molecule has 0 aliphatic carbocycles.